The molecule has 2 aromatic carbocycles. The summed E-state index contributed by atoms with van der Waals surface area (Å²) >= 11 is 0. The standard InChI is InChI=1S/C23H18N6O2/c1-15-11-20(27-19-10-6-5-9-18(15)19)29-22(17(12-24)13-26-29)28-21(30)14-25-23(31)16-7-3-2-4-8-16/h2-11,13H,14H2,1H3,(H,25,31)(H,28,30). The maximum atomic E-state index is 12.5. The molecule has 0 spiro atoms. The van der Waals surface area contributed by atoms with Crippen LogP contribution in [0.15, 0.2) is 66.9 Å². The number of pyridine rings is 1. The average molecular weight is 410 g/mol. The molecule has 2 amide bonds. The summed E-state index contributed by atoms with van der Waals surface area (Å²) in [5.41, 5.74) is 2.41. The molecule has 8 heteroatoms. The smallest absolute Gasteiger partial charge is 0.251 e. The fourth-order valence-corrected chi connectivity index (χ4v) is 3.19. The van der Waals surface area contributed by atoms with Crippen LogP contribution in [0.4, 0.5) is 5.82 Å². The second-order valence-electron chi connectivity index (χ2n) is 6.84. The maximum absolute atomic E-state index is 12.5. The summed E-state index contributed by atoms with van der Waals surface area (Å²) in [6.07, 6.45) is 1.37. The zero-order chi connectivity index (χ0) is 21.8. The lowest BCUT2D eigenvalue weighted by Crippen LogP contribution is -2.33. The number of amides is 2. The molecule has 4 aromatic rings. The lowest BCUT2D eigenvalue weighted by atomic mass is 10.1. The van der Waals surface area contributed by atoms with Crippen molar-refractivity contribution in [1.82, 2.24) is 20.1 Å². The molecule has 4 rings (SSSR count). The summed E-state index contributed by atoms with van der Waals surface area (Å²) in [5.74, 6) is -0.179. The quantitative estimate of drug-likeness (QED) is 0.525. The van der Waals surface area contributed by atoms with Crippen LogP contribution < -0.4 is 10.6 Å². The lowest BCUT2D eigenvalue weighted by Gasteiger charge is -2.11. The van der Waals surface area contributed by atoms with E-state index >= 15 is 0 Å². The number of hydrogen-bond acceptors (Lipinski definition) is 5. The van der Waals surface area contributed by atoms with E-state index in [4.69, 9.17) is 0 Å². The highest BCUT2D eigenvalue weighted by molar-refractivity contribution is 5.99. The van der Waals surface area contributed by atoms with Crippen molar-refractivity contribution in [3.63, 3.8) is 0 Å². The highest BCUT2D eigenvalue weighted by Gasteiger charge is 2.17. The first kappa shape index (κ1) is 19.8. The second kappa shape index (κ2) is 8.47. The van der Waals surface area contributed by atoms with Crippen molar-refractivity contribution >= 4 is 28.5 Å². The van der Waals surface area contributed by atoms with Crippen molar-refractivity contribution in [2.45, 2.75) is 6.92 Å². The third-order valence-corrected chi connectivity index (χ3v) is 4.72. The molecule has 0 aliphatic rings. The van der Waals surface area contributed by atoms with Crippen LogP contribution in [0, 0.1) is 18.3 Å². The number of nitriles is 1. The van der Waals surface area contributed by atoms with E-state index in [0.29, 0.717) is 11.4 Å². The fraction of sp³-hybridized carbons (Fsp3) is 0.0870. The molecule has 0 radical (unpaired) electrons. The Morgan fingerprint density at radius 1 is 1.10 bits per heavy atom. The van der Waals surface area contributed by atoms with Crippen molar-refractivity contribution in [3.05, 3.63) is 83.6 Å². The highest BCUT2D eigenvalue weighted by atomic mass is 16.2. The number of hydrogen-bond donors (Lipinski definition) is 2. The number of nitrogens with zero attached hydrogens (tertiary/aromatic N) is 4. The number of aryl methyl sites for hydroxylation is 1. The van der Waals surface area contributed by atoms with Crippen molar-refractivity contribution in [3.8, 4) is 11.9 Å². The summed E-state index contributed by atoms with van der Waals surface area (Å²) in [5, 5.41) is 19.9. The summed E-state index contributed by atoms with van der Waals surface area (Å²) in [6, 6.07) is 20.1. The first-order chi connectivity index (χ1) is 15.1. The monoisotopic (exact) mass is 410 g/mol. The third kappa shape index (κ3) is 4.11. The normalized spacial score (nSPS) is 10.5. The predicted molar refractivity (Wildman–Crippen MR) is 116 cm³/mol. The van der Waals surface area contributed by atoms with Crippen molar-refractivity contribution in [2.24, 2.45) is 0 Å². The van der Waals surface area contributed by atoms with Gasteiger partial charge in [-0.3, -0.25) is 9.59 Å². The van der Waals surface area contributed by atoms with Crippen LogP contribution >= 0.6 is 0 Å². The molecule has 8 nitrogen and oxygen atoms in total. The molecule has 0 unspecified atom stereocenters. The molecule has 0 fully saturated rings. The second-order valence-corrected chi connectivity index (χ2v) is 6.84. The number of nitrogens with one attached hydrogen (secondary N) is 2. The summed E-state index contributed by atoms with van der Waals surface area (Å²) in [6.45, 7) is 1.70. The molecule has 31 heavy (non-hydrogen) atoms. The van der Waals surface area contributed by atoms with E-state index in [-0.39, 0.29) is 23.8 Å². The Kier molecular flexibility index (Phi) is 5.41. The Morgan fingerprint density at radius 3 is 2.61 bits per heavy atom. The minimum Gasteiger partial charge on any atom is -0.343 e. The van der Waals surface area contributed by atoms with Gasteiger partial charge in [0.2, 0.25) is 5.91 Å². The minimum absolute atomic E-state index is 0.190. The first-order valence-corrected chi connectivity index (χ1v) is 9.55. The van der Waals surface area contributed by atoms with Crippen LogP contribution in [-0.4, -0.2) is 33.1 Å². The average Bonchev–Trinajstić information content (AvgIpc) is 3.20. The number of fused-ring (bicyclic) bond motifs is 1. The number of anilines is 1. The zero-order valence-electron chi connectivity index (χ0n) is 16.7. The van der Waals surface area contributed by atoms with E-state index in [0.717, 1.165) is 16.5 Å². The number of carbonyl (C=O) groups excluding carboxylic acids is 2. The van der Waals surface area contributed by atoms with Gasteiger partial charge in [0, 0.05) is 10.9 Å². The Hall–Kier alpha value is -4.51. The SMILES string of the molecule is Cc1cc(-n2ncc(C#N)c2NC(=O)CNC(=O)c2ccccc2)nc2ccccc12. The van der Waals surface area contributed by atoms with Gasteiger partial charge in [-0.25, -0.2) is 4.98 Å². The van der Waals surface area contributed by atoms with E-state index < -0.39 is 5.91 Å². The van der Waals surface area contributed by atoms with E-state index in [1.165, 1.54) is 10.9 Å². The third-order valence-electron chi connectivity index (χ3n) is 4.72. The molecule has 0 atom stereocenters. The molecule has 0 saturated carbocycles. The van der Waals surface area contributed by atoms with Gasteiger partial charge in [0.25, 0.3) is 5.91 Å². The van der Waals surface area contributed by atoms with Crippen molar-refractivity contribution < 1.29 is 9.59 Å². The Morgan fingerprint density at radius 2 is 1.84 bits per heavy atom. The molecule has 0 bridgehead atoms. The van der Waals surface area contributed by atoms with E-state index in [2.05, 4.69) is 20.7 Å². The van der Waals surface area contributed by atoms with E-state index in [1.807, 2.05) is 43.3 Å². The van der Waals surface area contributed by atoms with Crippen LogP contribution in [-0.2, 0) is 4.79 Å². The number of para-hydroxylation sites is 1. The van der Waals surface area contributed by atoms with Crippen LogP contribution in [0.5, 0.6) is 0 Å². The van der Waals surface area contributed by atoms with Gasteiger partial charge in [0.1, 0.15) is 11.6 Å². The van der Waals surface area contributed by atoms with Crippen molar-refractivity contribution in [1.29, 1.82) is 5.26 Å². The van der Waals surface area contributed by atoms with Crippen LogP contribution in [0.25, 0.3) is 16.7 Å². The van der Waals surface area contributed by atoms with Gasteiger partial charge in [-0.1, -0.05) is 36.4 Å². The zero-order valence-corrected chi connectivity index (χ0v) is 16.7. The minimum atomic E-state index is -0.486. The molecule has 2 N–H and O–H groups in total. The topological polar surface area (TPSA) is 113 Å². The van der Waals surface area contributed by atoms with Crippen LogP contribution in [0.2, 0.25) is 0 Å². The van der Waals surface area contributed by atoms with Crippen molar-refractivity contribution in [2.75, 3.05) is 11.9 Å². The summed E-state index contributed by atoms with van der Waals surface area (Å²) < 4.78 is 1.41. The van der Waals surface area contributed by atoms with E-state index in [1.54, 1.807) is 30.3 Å². The number of benzene rings is 2. The molecule has 2 heterocycles. The van der Waals surface area contributed by atoms with E-state index in [9.17, 15) is 14.9 Å². The van der Waals surface area contributed by atoms with Gasteiger partial charge in [-0.2, -0.15) is 15.0 Å². The summed E-state index contributed by atoms with van der Waals surface area (Å²) in [7, 11) is 0. The number of rotatable bonds is 5. The highest BCUT2D eigenvalue weighted by Crippen LogP contribution is 2.23. The van der Waals surface area contributed by atoms with Gasteiger partial charge in [-0.05, 0) is 36.8 Å². The molecule has 152 valence electrons. The first-order valence-electron chi connectivity index (χ1n) is 9.55. The Labute approximate surface area is 178 Å². The van der Waals surface area contributed by atoms with Gasteiger partial charge in [0.15, 0.2) is 11.6 Å². The fourth-order valence-electron chi connectivity index (χ4n) is 3.19. The van der Waals surface area contributed by atoms with Crippen LogP contribution in [0.1, 0.15) is 21.5 Å². The molecule has 2 aromatic heterocycles. The Balaban J connectivity index is 1.57. The molecular formula is C23H18N6O2. The van der Waals surface area contributed by atoms with Gasteiger partial charge in [-0.15, -0.1) is 0 Å². The molecule has 0 aliphatic carbocycles. The molecule has 0 aliphatic heterocycles. The number of carbonyl (C=O) groups is 2. The number of aromatic nitrogens is 3. The van der Waals surface area contributed by atoms with Gasteiger partial charge < -0.3 is 10.6 Å². The maximum Gasteiger partial charge on any atom is 0.251 e. The van der Waals surface area contributed by atoms with Gasteiger partial charge in [0.05, 0.1) is 18.3 Å². The predicted octanol–water partition coefficient (Wildman–Crippen LogP) is 2.97. The Bertz CT molecular complexity index is 1320. The van der Waals surface area contributed by atoms with Gasteiger partial charge >= 0.3 is 0 Å². The molecule has 0 saturated heterocycles. The largest absolute Gasteiger partial charge is 0.343 e. The summed E-state index contributed by atoms with van der Waals surface area (Å²) in [4.78, 5) is 29.2. The molecular weight excluding hydrogens is 392 g/mol. The van der Waals surface area contributed by atoms with Crippen LogP contribution in [0.3, 0.4) is 0 Å². The lowest BCUT2D eigenvalue weighted by molar-refractivity contribution is -0.115.